The van der Waals surface area contributed by atoms with Crippen LogP contribution in [0.2, 0.25) is 0 Å². The maximum atomic E-state index is 12.7. The van der Waals surface area contributed by atoms with Crippen LogP contribution < -0.4 is 10.6 Å². The van der Waals surface area contributed by atoms with Gasteiger partial charge in [0.1, 0.15) is 0 Å². The molecule has 0 bridgehead atoms. The number of ether oxygens (including phenoxy) is 1. The number of hydrogen-bond acceptors (Lipinski definition) is 4. The van der Waals surface area contributed by atoms with Crippen LogP contribution in [0.1, 0.15) is 36.5 Å². The molecular formula is C20H27N3O4. The van der Waals surface area contributed by atoms with Gasteiger partial charge in [-0.3, -0.25) is 14.4 Å². The number of rotatable bonds is 5. The minimum absolute atomic E-state index is 0.0294. The van der Waals surface area contributed by atoms with E-state index in [0.29, 0.717) is 31.7 Å². The zero-order chi connectivity index (χ0) is 19.2. The molecule has 2 N–H and O–H groups in total. The predicted molar refractivity (Wildman–Crippen MR) is 100 cm³/mol. The summed E-state index contributed by atoms with van der Waals surface area (Å²) in [6.07, 6.45) is 2.12. The van der Waals surface area contributed by atoms with Gasteiger partial charge in [0.2, 0.25) is 11.8 Å². The Kier molecular flexibility index (Phi) is 6.45. The van der Waals surface area contributed by atoms with Gasteiger partial charge in [-0.1, -0.05) is 18.2 Å². The second kappa shape index (κ2) is 8.99. The average molecular weight is 373 g/mol. The molecule has 1 saturated carbocycles. The number of amides is 3. The van der Waals surface area contributed by atoms with Crippen molar-refractivity contribution in [2.45, 2.75) is 38.3 Å². The van der Waals surface area contributed by atoms with Gasteiger partial charge < -0.3 is 20.3 Å². The van der Waals surface area contributed by atoms with E-state index in [1.807, 2.05) is 13.0 Å². The molecule has 7 nitrogen and oxygen atoms in total. The van der Waals surface area contributed by atoms with E-state index in [1.54, 1.807) is 29.2 Å². The molecule has 1 aromatic rings. The molecule has 146 valence electrons. The molecular weight excluding hydrogens is 346 g/mol. The Morgan fingerprint density at radius 3 is 2.67 bits per heavy atom. The van der Waals surface area contributed by atoms with Gasteiger partial charge in [-0.25, -0.2) is 0 Å². The number of benzene rings is 1. The number of carbonyl (C=O) groups is 3. The van der Waals surface area contributed by atoms with Crippen LogP contribution in [0, 0.1) is 5.92 Å². The minimum Gasteiger partial charge on any atom is -0.374 e. The third-order valence-corrected chi connectivity index (χ3v) is 5.30. The van der Waals surface area contributed by atoms with Crippen molar-refractivity contribution in [1.82, 2.24) is 15.5 Å². The summed E-state index contributed by atoms with van der Waals surface area (Å²) in [5.41, 5.74) is 0.527. The first-order valence-electron chi connectivity index (χ1n) is 9.62. The lowest BCUT2D eigenvalue weighted by Gasteiger charge is -2.45. The lowest BCUT2D eigenvalue weighted by Crippen LogP contribution is -2.58. The molecule has 3 amide bonds. The molecule has 27 heavy (non-hydrogen) atoms. The summed E-state index contributed by atoms with van der Waals surface area (Å²) in [4.78, 5) is 38.9. The molecule has 0 spiro atoms. The number of nitrogens with one attached hydrogen (secondary N) is 2. The van der Waals surface area contributed by atoms with Crippen molar-refractivity contribution in [3.63, 3.8) is 0 Å². The Balaban J connectivity index is 1.59. The molecule has 2 aliphatic rings. The zero-order valence-corrected chi connectivity index (χ0v) is 15.6. The number of hydrogen-bond donors (Lipinski definition) is 2. The molecule has 1 heterocycles. The third-order valence-electron chi connectivity index (χ3n) is 5.30. The summed E-state index contributed by atoms with van der Waals surface area (Å²) in [6.45, 7) is 3.43. The van der Waals surface area contributed by atoms with E-state index in [4.69, 9.17) is 4.74 Å². The van der Waals surface area contributed by atoms with Crippen LogP contribution >= 0.6 is 0 Å². The van der Waals surface area contributed by atoms with E-state index >= 15 is 0 Å². The Morgan fingerprint density at radius 1 is 1.15 bits per heavy atom. The van der Waals surface area contributed by atoms with Crippen LogP contribution in [0.5, 0.6) is 0 Å². The van der Waals surface area contributed by atoms with E-state index in [1.165, 1.54) is 0 Å². The monoisotopic (exact) mass is 373 g/mol. The van der Waals surface area contributed by atoms with E-state index in [2.05, 4.69) is 10.6 Å². The van der Waals surface area contributed by atoms with Gasteiger partial charge in [-0.15, -0.1) is 0 Å². The fraction of sp³-hybridized carbons (Fsp3) is 0.550. The molecule has 1 saturated heterocycles. The van der Waals surface area contributed by atoms with Crippen molar-refractivity contribution >= 4 is 17.7 Å². The summed E-state index contributed by atoms with van der Waals surface area (Å²) < 4.78 is 5.83. The highest BCUT2D eigenvalue weighted by atomic mass is 16.5. The molecule has 0 aromatic heterocycles. The van der Waals surface area contributed by atoms with Crippen molar-refractivity contribution in [1.29, 1.82) is 0 Å². The molecule has 1 aliphatic carbocycles. The first kappa shape index (κ1) is 19.4. The fourth-order valence-electron chi connectivity index (χ4n) is 3.92. The summed E-state index contributed by atoms with van der Waals surface area (Å²) in [5, 5.41) is 5.57. The van der Waals surface area contributed by atoms with Crippen LogP contribution in [0.15, 0.2) is 30.3 Å². The smallest absolute Gasteiger partial charge is 0.251 e. The maximum absolute atomic E-state index is 12.7. The van der Waals surface area contributed by atoms with Gasteiger partial charge in [0.25, 0.3) is 5.91 Å². The van der Waals surface area contributed by atoms with Gasteiger partial charge in [0.15, 0.2) is 0 Å². The fourth-order valence-corrected chi connectivity index (χ4v) is 3.92. The van der Waals surface area contributed by atoms with Crippen molar-refractivity contribution in [2.24, 2.45) is 5.92 Å². The highest BCUT2D eigenvalue weighted by Gasteiger charge is 2.41. The van der Waals surface area contributed by atoms with Crippen molar-refractivity contribution < 1.29 is 19.1 Å². The van der Waals surface area contributed by atoms with Crippen molar-refractivity contribution in [3.8, 4) is 0 Å². The number of fused-ring (bicyclic) bond motifs is 1. The minimum atomic E-state index is -0.266. The van der Waals surface area contributed by atoms with Crippen LogP contribution in [-0.2, 0) is 14.3 Å². The Bertz CT molecular complexity index is 679. The largest absolute Gasteiger partial charge is 0.374 e. The number of morpholine rings is 1. The lowest BCUT2D eigenvalue weighted by molar-refractivity contribution is -0.153. The van der Waals surface area contributed by atoms with Gasteiger partial charge >= 0.3 is 0 Å². The standard InChI is InChI=1S/C20H27N3O4/c1-2-21-20(26)15-8-9-17-16(12-15)23(10-11-27-17)18(24)13-22-19(25)14-6-4-3-5-7-14/h3-7,15-17H,2,8-13H2,1H3,(H,21,26)(H,22,25)/t15-,16+,17+/m0/s1. The van der Waals surface area contributed by atoms with Gasteiger partial charge in [0.05, 0.1) is 25.3 Å². The molecule has 7 heteroatoms. The number of carbonyl (C=O) groups excluding carboxylic acids is 3. The summed E-state index contributed by atoms with van der Waals surface area (Å²) in [7, 11) is 0. The SMILES string of the molecule is CCNC(=O)[C@H]1CC[C@H]2OCCN(C(=O)CNC(=O)c3ccccc3)[C@@H]2C1. The second-order valence-corrected chi connectivity index (χ2v) is 7.02. The average Bonchev–Trinajstić information content (AvgIpc) is 2.71. The van der Waals surface area contributed by atoms with E-state index in [-0.39, 0.29) is 42.3 Å². The second-order valence-electron chi connectivity index (χ2n) is 7.02. The Hall–Kier alpha value is -2.41. The summed E-state index contributed by atoms with van der Waals surface area (Å²) >= 11 is 0. The molecule has 2 fully saturated rings. The van der Waals surface area contributed by atoms with Crippen molar-refractivity contribution in [2.75, 3.05) is 26.2 Å². The quantitative estimate of drug-likeness (QED) is 0.804. The Labute approximate surface area is 159 Å². The van der Waals surface area contributed by atoms with Gasteiger partial charge in [-0.2, -0.15) is 0 Å². The molecule has 0 radical (unpaired) electrons. The van der Waals surface area contributed by atoms with Crippen molar-refractivity contribution in [3.05, 3.63) is 35.9 Å². The van der Waals surface area contributed by atoms with Gasteiger partial charge in [-0.05, 0) is 38.3 Å². The molecule has 3 rings (SSSR count). The van der Waals surface area contributed by atoms with E-state index in [9.17, 15) is 14.4 Å². The highest BCUT2D eigenvalue weighted by molar-refractivity contribution is 5.96. The lowest BCUT2D eigenvalue weighted by atomic mass is 9.81. The van der Waals surface area contributed by atoms with E-state index < -0.39 is 0 Å². The topological polar surface area (TPSA) is 87.7 Å². The zero-order valence-electron chi connectivity index (χ0n) is 15.6. The van der Waals surface area contributed by atoms with Crippen LogP contribution in [-0.4, -0.2) is 61.0 Å². The number of nitrogens with zero attached hydrogens (tertiary/aromatic N) is 1. The van der Waals surface area contributed by atoms with Crippen LogP contribution in [0.4, 0.5) is 0 Å². The molecule has 1 aliphatic heterocycles. The van der Waals surface area contributed by atoms with Gasteiger partial charge in [0, 0.05) is 24.6 Å². The normalized spacial score (nSPS) is 24.6. The molecule has 3 atom stereocenters. The summed E-state index contributed by atoms with van der Waals surface area (Å²) in [6, 6.07) is 8.72. The van der Waals surface area contributed by atoms with Crippen LogP contribution in [0.25, 0.3) is 0 Å². The predicted octanol–water partition coefficient (Wildman–Crippen LogP) is 0.949. The van der Waals surface area contributed by atoms with Crippen LogP contribution in [0.3, 0.4) is 0 Å². The van der Waals surface area contributed by atoms with E-state index in [0.717, 1.165) is 12.8 Å². The first-order valence-corrected chi connectivity index (χ1v) is 9.62. The highest BCUT2D eigenvalue weighted by Crippen LogP contribution is 2.32. The maximum Gasteiger partial charge on any atom is 0.251 e. The molecule has 0 unspecified atom stereocenters. The third kappa shape index (κ3) is 4.66. The Morgan fingerprint density at radius 2 is 1.93 bits per heavy atom. The first-order chi connectivity index (χ1) is 13.1. The molecule has 1 aromatic carbocycles. The summed E-state index contributed by atoms with van der Waals surface area (Å²) in [5.74, 6) is -0.444.